The van der Waals surface area contributed by atoms with Crippen molar-refractivity contribution in [3.05, 3.63) is 35.1 Å². The van der Waals surface area contributed by atoms with Crippen molar-refractivity contribution < 1.29 is 9.13 Å². The van der Waals surface area contributed by atoms with Crippen LogP contribution in [0.4, 0.5) is 4.39 Å². The van der Waals surface area contributed by atoms with Gasteiger partial charge in [0.15, 0.2) is 0 Å². The Morgan fingerprint density at radius 3 is 2.56 bits per heavy atom. The Balaban J connectivity index is 2.74. The highest BCUT2D eigenvalue weighted by molar-refractivity contribution is 5.26. The van der Waals surface area contributed by atoms with E-state index in [1.165, 1.54) is 6.07 Å². The molecule has 0 saturated heterocycles. The monoisotopic (exact) mass is 225 g/mol. The van der Waals surface area contributed by atoms with E-state index < -0.39 is 0 Å². The first-order valence-corrected chi connectivity index (χ1v) is 5.59. The van der Waals surface area contributed by atoms with Gasteiger partial charge in [0.05, 0.1) is 18.8 Å². The molecule has 0 amide bonds. The maximum absolute atomic E-state index is 13.1. The number of likely N-dealkylation sites (N-methyl/N-ethyl adjacent to an activating group) is 1. The summed E-state index contributed by atoms with van der Waals surface area (Å²) >= 11 is 0. The fourth-order valence-electron chi connectivity index (χ4n) is 1.52. The second-order valence-electron chi connectivity index (χ2n) is 4.23. The fourth-order valence-corrected chi connectivity index (χ4v) is 1.52. The minimum Gasteiger partial charge on any atom is -0.377 e. The quantitative estimate of drug-likeness (QED) is 0.832. The highest BCUT2D eigenvalue weighted by Gasteiger charge is 2.11. The summed E-state index contributed by atoms with van der Waals surface area (Å²) in [4.78, 5) is 0. The van der Waals surface area contributed by atoms with Crippen LogP contribution in [0.3, 0.4) is 0 Å². The summed E-state index contributed by atoms with van der Waals surface area (Å²) in [6.07, 6.45) is 0.206. The van der Waals surface area contributed by atoms with E-state index in [4.69, 9.17) is 4.74 Å². The van der Waals surface area contributed by atoms with E-state index in [1.807, 2.05) is 27.0 Å². The fraction of sp³-hybridized carbons (Fsp3) is 0.538. The molecule has 1 rings (SSSR count). The molecule has 0 spiro atoms. The van der Waals surface area contributed by atoms with Crippen molar-refractivity contribution in [2.45, 2.75) is 32.9 Å². The van der Waals surface area contributed by atoms with Gasteiger partial charge in [-0.3, -0.25) is 0 Å². The molecule has 1 atom stereocenters. The van der Waals surface area contributed by atoms with Crippen molar-refractivity contribution >= 4 is 0 Å². The molecule has 1 aromatic carbocycles. The van der Waals surface area contributed by atoms with Crippen LogP contribution in [0, 0.1) is 12.7 Å². The Hall–Kier alpha value is -0.930. The lowest BCUT2D eigenvalue weighted by atomic mass is 10.0. The largest absolute Gasteiger partial charge is 0.377 e. The van der Waals surface area contributed by atoms with E-state index in [1.54, 1.807) is 13.0 Å². The van der Waals surface area contributed by atoms with Crippen LogP contribution in [-0.2, 0) is 4.74 Å². The predicted molar refractivity (Wildman–Crippen MR) is 64.0 cm³/mol. The molecule has 0 fully saturated rings. The van der Waals surface area contributed by atoms with Crippen LogP contribution in [-0.4, -0.2) is 19.8 Å². The van der Waals surface area contributed by atoms with Crippen LogP contribution in [0.25, 0.3) is 0 Å². The van der Waals surface area contributed by atoms with Gasteiger partial charge < -0.3 is 10.1 Å². The van der Waals surface area contributed by atoms with Gasteiger partial charge in [-0.15, -0.1) is 0 Å². The summed E-state index contributed by atoms with van der Waals surface area (Å²) in [5.41, 5.74) is 1.73. The number of benzene rings is 1. The van der Waals surface area contributed by atoms with Crippen LogP contribution in [0.15, 0.2) is 18.2 Å². The van der Waals surface area contributed by atoms with E-state index in [9.17, 15) is 4.39 Å². The third-order valence-electron chi connectivity index (χ3n) is 2.53. The SMILES string of the molecule is CNC(COC(C)C)c1ccc(F)c(C)c1. The molecular formula is C13H20FNO. The highest BCUT2D eigenvalue weighted by atomic mass is 19.1. The van der Waals surface area contributed by atoms with Gasteiger partial charge in [0.2, 0.25) is 0 Å². The molecule has 0 aliphatic carbocycles. The van der Waals surface area contributed by atoms with E-state index in [0.29, 0.717) is 12.2 Å². The van der Waals surface area contributed by atoms with Crippen LogP contribution in [0.5, 0.6) is 0 Å². The number of hydrogen-bond acceptors (Lipinski definition) is 2. The standard InChI is InChI=1S/C13H20FNO/c1-9(2)16-8-13(15-4)11-5-6-12(14)10(3)7-11/h5-7,9,13,15H,8H2,1-4H3. The van der Waals surface area contributed by atoms with E-state index >= 15 is 0 Å². The van der Waals surface area contributed by atoms with Crippen LogP contribution >= 0.6 is 0 Å². The molecule has 0 aromatic heterocycles. The first kappa shape index (κ1) is 13.1. The lowest BCUT2D eigenvalue weighted by molar-refractivity contribution is 0.0626. The second kappa shape index (κ2) is 5.97. The van der Waals surface area contributed by atoms with Gasteiger partial charge in [-0.2, -0.15) is 0 Å². The van der Waals surface area contributed by atoms with E-state index in [0.717, 1.165) is 5.56 Å². The average molecular weight is 225 g/mol. The normalized spacial score (nSPS) is 13.1. The van der Waals surface area contributed by atoms with Gasteiger partial charge in [-0.1, -0.05) is 12.1 Å². The highest BCUT2D eigenvalue weighted by Crippen LogP contribution is 2.17. The lowest BCUT2D eigenvalue weighted by Crippen LogP contribution is -2.23. The molecule has 1 N–H and O–H groups in total. The zero-order valence-corrected chi connectivity index (χ0v) is 10.4. The third kappa shape index (κ3) is 3.58. The Morgan fingerprint density at radius 2 is 2.06 bits per heavy atom. The number of hydrogen-bond donors (Lipinski definition) is 1. The Kier molecular flexibility index (Phi) is 4.90. The zero-order valence-electron chi connectivity index (χ0n) is 10.4. The van der Waals surface area contributed by atoms with Gasteiger partial charge in [-0.05, 0) is 45.0 Å². The van der Waals surface area contributed by atoms with Crippen molar-refractivity contribution in [2.24, 2.45) is 0 Å². The first-order valence-electron chi connectivity index (χ1n) is 5.59. The number of nitrogens with one attached hydrogen (secondary N) is 1. The maximum atomic E-state index is 13.1. The second-order valence-corrected chi connectivity index (χ2v) is 4.23. The molecule has 0 bridgehead atoms. The lowest BCUT2D eigenvalue weighted by Gasteiger charge is -2.19. The number of aryl methyl sites for hydroxylation is 1. The third-order valence-corrected chi connectivity index (χ3v) is 2.53. The van der Waals surface area contributed by atoms with Crippen molar-refractivity contribution in [3.8, 4) is 0 Å². The van der Waals surface area contributed by atoms with Gasteiger partial charge in [0, 0.05) is 0 Å². The molecule has 1 aromatic rings. The molecule has 0 aliphatic heterocycles. The Bertz CT molecular complexity index is 339. The molecule has 0 saturated carbocycles. The van der Waals surface area contributed by atoms with Crippen LogP contribution < -0.4 is 5.32 Å². The van der Waals surface area contributed by atoms with Crippen LogP contribution in [0.1, 0.15) is 31.0 Å². The van der Waals surface area contributed by atoms with Gasteiger partial charge in [0.1, 0.15) is 5.82 Å². The van der Waals surface area contributed by atoms with Gasteiger partial charge in [-0.25, -0.2) is 4.39 Å². The van der Waals surface area contributed by atoms with Crippen molar-refractivity contribution in [1.29, 1.82) is 0 Å². The van der Waals surface area contributed by atoms with Gasteiger partial charge in [0.25, 0.3) is 0 Å². The molecule has 1 unspecified atom stereocenters. The number of halogens is 1. The van der Waals surface area contributed by atoms with E-state index in [-0.39, 0.29) is 18.0 Å². The molecule has 3 heteroatoms. The summed E-state index contributed by atoms with van der Waals surface area (Å²) in [6.45, 7) is 6.37. The molecular weight excluding hydrogens is 205 g/mol. The molecule has 0 heterocycles. The van der Waals surface area contributed by atoms with Crippen molar-refractivity contribution in [3.63, 3.8) is 0 Å². The van der Waals surface area contributed by atoms with Crippen LogP contribution in [0.2, 0.25) is 0 Å². The van der Waals surface area contributed by atoms with Crippen molar-refractivity contribution in [2.75, 3.05) is 13.7 Å². The molecule has 0 radical (unpaired) electrons. The molecule has 2 nitrogen and oxygen atoms in total. The molecule has 0 aliphatic rings. The molecule has 90 valence electrons. The summed E-state index contributed by atoms with van der Waals surface area (Å²) in [7, 11) is 1.88. The average Bonchev–Trinajstić information content (AvgIpc) is 2.23. The summed E-state index contributed by atoms with van der Waals surface area (Å²) in [6, 6.07) is 5.28. The minimum absolute atomic E-state index is 0.113. The maximum Gasteiger partial charge on any atom is 0.126 e. The summed E-state index contributed by atoms with van der Waals surface area (Å²) < 4.78 is 18.7. The predicted octanol–water partition coefficient (Wildman–Crippen LogP) is 2.82. The van der Waals surface area contributed by atoms with Crippen molar-refractivity contribution in [1.82, 2.24) is 5.32 Å². The molecule has 16 heavy (non-hydrogen) atoms. The summed E-state index contributed by atoms with van der Waals surface area (Å²) in [5, 5.41) is 3.17. The Labute approximate surface area is 96.8 Å². The zero-order chi connectivity index (χ0) is 12.1. The minimum atomic E-state index is -0.164. The Morgan fingerprint density at radius 1 is 1.38 bits per heavy atom. The number of ether oxygens (including phenoxy) is 1. The summed E-state index contributed by atoms with van der Waals surface area (Å²) in [5.74, 6) is -0.164. The number of rotatable bonds is 5. The van der Waals surface area contributed by atoms with Gasteiger partial charge >= 0.3 is 0 Å². The topological polar surface area (TPSA) is 21.3 Å². The first-order chi connectivity index (χ1) is 7.54. The smallest absolute Gasteiger partial charge is 0.126 e. The van der Waals surface area contributed by atoms with E-state index in [2.05, 4.69) is 5.32 Å².